The van der Waals surface area contributed by atoms with Crippen molar-refractivity contribution in [3.63, 3.8) is 0 Å². The highest BCUT2D eigenvalue weighted by Gasteiger charge is 2.38. The lowest BCUT2D eigenvalue weighted by Crippen LogP contribution is -2.50. The molecule has 196 valence electrons. The minimum absolute atomic E-state index is 0.0193. The summed E-state index contributed by atoms with van der Waals surface area (Å²) in [7, 11) is 0. The molecule has 0 amide bonds. The third-order valence-electron chi connectivity index (χ3n) is 9.06. The van der Waals surface area contributed by atoms with Crippen LogP contribution in [-0.4, -0.2) is 41.7 Å². The lowest BCUT2D eigenvalue weighted by atomic mass is 9.72. The highest BCUT2D eigenvalue weighted by atomic mass is 16.5. The number of carbonyl (C=O) groups excluding carboxylic acids is 1. The normalized spacial score (nSPS) is 27.7. The molecule has 0 bridgehead atoms. The van der Waals surface area contributed by atoms with Crippen LogP contribution in [0.2, 0.25) is 0 Å². The van der Waals surface area contributed by atoms with Crippen LogP contribution in [0.25, 0.3) is 10.9 Å². The Balaban J connectivity index is 1.11. The number of nitrogens with zero attached hydrogens (tertiary/aromatic N) is 2. The van der Waals surface area contributed by atoms with Crippen LogP contribution in [0.15, 0.2) is 30.3 Å². The Bertz CT molecular complexity index is 1020. The molecule has 36 heavy (non-hydrogen) atoms. The second-order valence-electron chi connectivity index (χ2n) is 11.9. The van der Waals surface area contributed by atoms with Crippen molar-refractivity contribution in [2.45, 2.75) is 84.8 Å². The van der Waals surface area contributed by atoms with E-state index >= 15 is 0 Å². The van der Waals surface area contributed by atoms with Crippen LogP contribution < -0.4 is 4.74 Å². The average Bonchev–Trinajstić information content (AvgIpc) is 2.86. The van der Waals surface area contributed by atoms with Gasteiger partial charge in [-0.15, -0.1) is 0 Å². The average molecular weight is 493 g/mol. The topological polar surface area (TPSA) is 51.7 Å². The van der Waals surface area contributed by atoms with Crippen molar-refractivity contribution in [2.75, 3.05) is 19.7 Å². The van der Waals surface area contributed by atoms with Crippen LogP contribution in [0.4, 0.5) is 0 Å². The standard InChI is InChI=1S/C31H44N2O3/c1-4-35-31(34)25-7-5-6-23(16-25)26-18-33(19-26)20-27-11-8-24-17-29(14-15-30(24)32-27)36-28-12-9-22(10-13-28)21(2)3/h8,11,14-15,17,21-23,25-26,28H,4-7,9-10,12-13,16,18-20H2,1-3H3. The van der Waals surface area contributed by atoms with Gasteiger partial charge in [0.25, 0.3) is 0 Å². The molecule has 1 aromatic heterocycles. The zero-order valence-corrected chi connectivity index (χ0v) is 22.5. The number of esters is 1. The maximum atomic E-state index is 12.2. The van der Waals surface area contributed by atoms with Gasteiger partial charge in [0.2, 0.25) is 0 Å². The SMILES string of the molecule is CCOC(=O)C1CCCC(C2CN(Cc3ccc4cc(OC5CCC(C(C)C)CC5)ccc4n3)C2)C1. The van der Waals surface area contributed by atoms with Crippen LogP contribution in [0, 0.1) is 29.6 Å². The number of rotatable bonds is 8. The number of aromatic nitrogens is 1. The molecule has 2 saturated carbocycles. The number of carbonyl (C=O) groups is 1. The van der Waals surface area contributed by atoms with Crippen LogP contribution >= 0.6 is 0 Å². The number of ether oxygens (including phenoxy) is 2. The molecule has 3 aliphatic rings. The number of benzene rings is 1. The number of hydrogen-bond donors (Lipinski definition) is 0. The molecule has 5 rings (SSSR count). The molecule has 5 heteroatoms. The van der Waals surface area contributed by atoms with E-state index in [-0.39, 0.29) is 11.9 Å². The van der Waals surface area contributed by atoms with Crippen molar-refractivity contribution < 1.29 is 14.3 Å². The molecule has 2 aromatic rings. The summed E-state index contributed by atoms with van der Waals surface area (Å²) >= 11 is 0. The van der Waals surface area contributed by atoms with E-state index in [1.54, 1.807) is 0 Å². The fourth-order valence-electron chi connectivity index (χ4n) is 6.77. The molecule has 1 aromatic carbocycles. The monoisotopic (exact) mass is 492 g/mol. The van der Waals surface area contributed by atoms with Crippen molar-refractivity contribution >= 4 is 16.9 Å². The van der Waals surface area contributed by atoms with E-state index in [1.807, 2.05) is 6.92 Å². The molecule has 2 unspecified atom stereocenters. The predicted octanol–water partition coefficient (Wildman–Crippen LogP) is 6.63. The quantitative estimate of drug-likeness (QED) is 0.387. The van der Waals surface area contributed by atoms with Crippen molar-refractivity contribution in [1.29, 1.82) is 0 Å². The Morgan fingerprint density at radius 2 is 1.83 bits per heavy atom. The van der Waals surface area contributed by atoms with Gasteiger partial charge in [0.05, 0.1) is 29.8 Å². The minimum atomic E-state index is 0.0193. The summed E-state index contributed by atoms with van der Waals surface area (Å²) in [5, 5.41) is 1.15. The molecule has 3 fully saturated rings. The third-order valence-corrected chi connectivity index (χ3v) is 9.06. The maximum Gasteiger partial charge on any atom is 0.308 e. The second kappa shape index (κ2) is 11.5. The minimum Gasteiger partial charge on any atom is -0.490 e. The molecule has 0 radical (unpaired) electrons. The third kappa shape index (κ3) is 6.04. The highest BCUT2D eigenvalue weighted by Crippen LogP contribution is 2.39. The maximum absolute atomic E-state index is 12.2. The first-order valence-electron chi connectivity index (χ1n) is 14.4. The van der Waals surface area contributed by atoms with Crippen molar-refractivity contribution in [2.24, 2.45) is 29.6 Å². The molecular formula is C31H44N2O3. The first-order chi connectivity index (χ1) is 17.5. The summed E-state index contributed by atoms with van der Waals surface area (Å²) in [6.07, 6.45) is 9.66. The van der Waals surface area contributed by atoms with E-state index in [0.717, 1.165) is 73.1 Å². The molecule has 2 aliphatic carbocycles. The van der Waals surface area contributed by atoms with Gasteiger partial charge in [0.15, 0.2) is 0 Å². The molecule has 1 aliphatic heterocycles. The van der Waals surface area contributed by atoms with E-state index in [4.69, 9.17) is 14.5 Å². The van der Waals surface area contributed by atoms with Gasteiger partial charge in [-0.25, -0.2) is 0 Å². The molecule has 2 atom stereocenters. The first-order valence-corrected chi connectivity index (χ1v) is 14.4. The van der Waals surface area contributed by atoms with Gasteiger partial charge in [-0.2, -0.15) is 0 Å². The highest BCUT2D eigenvalue weighted by molar-refractivity contribution is 5.80. The van der Waals surface area contributed by atoms with E-state index in [1.165, 1.54) is 32.1 Å². The fraction of sp³-hybridized carbons (Fsp3) is 0.677. The molecule has 1 saturated heterocycles. The Kier molecular flexibility index (Phi) is 8.15. The number of fused-ring (bicyclic) bond motifs is 1. The van der Waals surface area contributed by atoms with Gasteiger partial charge in [-0.3, -0.25) is 14.7 Å². The molecule has 2 heterocycles. The van der Waals surface area contributed by atoms with Gasteiger partial charge in [-0.05, 0) is 93.4 Å². The van der Waals surface area contributed by atoms with Crippen molar-refractivity contribution in [1.82, 2.24) is 9.88 Å². The molecular weight excluding hydrogens is 448 g/mol. The molecule has 0 N–H and O–H groups in total. The van der Waals surface area contributed by atoms with Crippen LogP contribution in [0.5, 0.6) is 5.75 Å². The van der Waals surface area contributed by atoms with Crippen molar-refractivity contribution in [3.8, 4) is 5.75 Å². The van der Waals surface area contributed by atoms with Crippen molar-refractivity contribution in [3.05, 3.63) is 36.0 Å². The summed E-state index contributed by atoms with van der Waals surface area (Å²) in [5.74, 6) is 4.12. The Morgan fingerprint density at radius 3 is 2.58 bits per heavy atom. The fourth-order valence-corrected chi connectivity index (χ4v) is 6.77. The summed E-state index contributed by atoms with van der Waals surface area (Å²) in [5.41, 5.74) is 2.18. The Morgan fingerprint density at radius 1 is 1.03 bits per heavy atom. The zero-order chi connectivity index (χ0) is 25.1. The van der Waals surface area contributed by atoms with E-state index < -0.39 is 0 Å². The van der Waals surface area contributed by atoms with Crippen LogP contribution in [0.1, 0.15) is 77.8 Å². The van der Waals surface area contributed by atoms with Crippen LogP contribution in [-0.2, 0) is 16.1 Å². The molecule has 0 spiro atoms. The summed E-state index contributed by atoms with van der Waals surface area (Å²) in [4.78, 5) is 19.6. The Hall–Kier alpha value is -2.14. The number of hydrogen-bond acceptors (Lipinski definition) is 5. The van der Waals surface area contributed by atoms with Gasteiger partial charge in [0, 0.05) is 25.0 Å². The lowest BCUT2D eigenvalue weighted by molar-refractivity contribution is -0.150. The smallest absolute Gasteiger partial charge is 0.308 e. The first kappa shape index (κ1) is 25.5. The van der Waals surface area contributed by atoms with E-state index in [9.17, 15) is 4.79 Å². The van der Waals surface area contributed by atoms with E-state index in [0.29, 0.717) is 24.5 Å². The largest absolute Gasteiger partial charge is 0.490 e. The predicted molar refractivity (Wildman–Crippen MR) is 144 cm³/mol. The number of pyridine rings is 1. The number of likely N-dealkylation sites (tertiary alicyclic amines) is 1. The van der Waals surface area contributed by atoms with Gasteiger partial charge in [0.1, 0.15) is 5.75 Å². The lowest BCUT2D eigenvalue weighted by Gasteiger charge is -2.45. The Labute approximate surface area is 216 Å². The molecule has 5 nitrogen and oxygen atoms in total. The van der Waals surface area contributed by atoms with Crippen LogP contribution in [0.3, 0.4) is 0 Å². The van der Waals surface area contributed by atoms with E-state index in [2.05, 4.69) is 49.1 Å². The zero-order valence-electron chi connectivity index (χ0n) is 22.5. The summed E-state index contributed by atoms with van der Waals surface area (Å²) in [6.45, 7) is 10.2. The van der Waals surface area contributed by atoms with Gasteiger partial charge in [-0.1, -0.05) is 32.8 Å². The van der Waals surface area contributed by atoms with Gasteiger partial charge >= 0.3 is 5.97 Å². The van der Waals surface area contributed by atoms with Gasteiger partial charge < -0.3 is 9.47 Å². The second-order valence-corrected chi connectivity index (χ2v) is 11.9. The summed E-state index contributed by atoms with van der Waals surface area (Å²) in [6, 6.07) is 10.7. The summed E-state index contributed by atoms with van der Waals surface area (Å²) < 4.78 is 11.6.